The first-order chi connectivity index (χ1) is 17.0. The number of carbonyl (C=O) groups is 2. The summed E-state index contributed by atoms with van der Waals surface area (Å²) in [5, 5.41) is 2.83. The lowest BCUT2D eigenvalue weighted by molar-refractivity contribution is -0.129. The largest absolute Gasteiger partial charge is 0.497 e. The second kappa shape index (κ2) is 11.7. The van der Waals surface area contributed by atoms with Crippen molar-refractivity contribution in [1.29, 1.82) is 0 Å². The van der Waals surface area contributed by atoms with Gasteiger partial charge in [-0.25, -0.2) is 9.38 Å². The fourth-order valence-corrected chi connectivity index (χ4v) is 4.80. The lowest BCUT2D eigenvalue weighted by Crippen LogP contribution is -2.34. The molecule has 180 valence electrons. The van der Waals surface area contributed by atoms with Crippen molar-refractivity contribution in [2.24, 2.45) is 4.99 Å². The predicted octanol–water partition coefficient (Wildman–Crippen LogP) is 4.72. The zero-order valence-corrected chi connectivity index (χ0v) is 20.1. The van der Waals surface area contributed by atoms with Gasteiger partial charge in [0.25, 0.3) is 0 Å². The second-order valence-electron chi connectivity index (χ2n) is 8.04. The number of amides is 2. The number of rotatable bonds is 9. The van der Waals surface area contributed by atoms with Crippen LogP contribution in [0.15, 0.2) is 83.9 Å². The number of amidine groups is 1. The molecule has 3 aromatic carbocycles. The first-order valence-electron chi connectivity index (χ1n) is 11.3. The zero-order chi connectivity index (χ0) is 24.6. The Bertz CT molecular complexity index is 1180. The molecule has 2 amide bonds. The lowest BCUT2D eigenvalue weighted by Gasteiger charge is -2.16. The van der Waals surface area contributed by atoms with Crippen LogP contribution in [0.2, 0.25) is 0 Å². The molecule has 0 spiro atoms. The van der Waals surface area contributed by atoms with Crippen molar-refractivity contribution in [2.45, 2.75) is 24.6 Å². The summed E-state index contributed by atoms with van der Waals surface area (Å²) in [6.45, 7) is 0.744. The highest BCUT2D eigenvalue weighted by atomic mass is 32.2. The maximum absolute atomic E-state index is 13.4. The van der Waals surface area contributed by atoms with Crippen molar-refractivity contribution in [3.63, 3.8) is 0 Å². The van der Waals surface area contributed by atoms with Crippen LogP contribution in [0, 0.1) is 5.82 Å². The third kappa shape index (κ3) is 6.70. The summed E-state index contributed by atoms with van der Waals surface area (Å²) in [7, 11) is 1.59. The first-order valence-corrected chi connectivity index (χ1v) is 12.2. The smallest absolute Gasteiger partial charge is 0.242 e. The van der Waals surface area contributed by atoms with E-state index < -0.39 is 5.25 Å². The van der Waals surface area contributed by atoms with E-state index in [1.807, 2.05) is 30.3 Å². The van der Waals surface area contributed by atoms with Gasteiger partial charge in [0.2, 0.25) is 11.8 Å². The molecule has 0 aromatic heterocycles. The Morgan fingerprint density at radius 2 is 1.74 bits per heavy atom. The highest BCUT2D eigenvalue weighted by molar-refractivity contribution is 8.15. The Hall–Kier alpha value is -3.65. The highest BCUT2D eigenvalue weighted by Gasteiger charge is 2.39. The minimum absolute atomic E-state index is 0.0554. The molecule has 1 N–H and O–H groups in total. The topological polar surface area (TPSA) is 71.0 Å². The molecule has 0 bridgehead atoms. The molecule has 1 aliphatic heterocycles. The number of hydrogen-bond donors (Lipinski definition) is 1. The standard InChI is InChI=1S/C27H26FN3O3S/c1-34-23-13-11-22(12-14-23)30-27-31(18-20-7-9-21(28)10-8-20)26(33)24(35-27)17-25(32)29-16-15-19-5-3-2-4-6-19/h2-14,24H,15-18H2,1H3,(H,29,32)/t24-/m0/s1. The maximum atomic E-state index is 13.4. The average Bonchev–Trinajstić information content (AvgIpc) is 3.15. The SMILES string of the molecule is COc1ccc(N=C2S[C@@H](CC(=O)NCCc3ccccc3)C(=O)N2Cc2ccc(F)cc2)cc1. The average molecular weight is 492 g/mol. The normalized spacial score (nSPS) is 16.5. The maximum Gasteiger partial charge on any atom is 0.242 e. The molecular formula is C27H26FN3O3S. The number of nitrogens with zero attached hydrogens (tertiary/aromatic N) is 2. The van der Waals surface area contributed by atoms with Crippen LogP contribution in [-0.4, -0.2) is 40.8 Å². The highest BCUT2D eigenvalue weighted by Crippen LogP contribution is 2.33. The van der Waals surface area contributed by atoms with Crippen molar-refractivity contribution in [3.05, 3.63) is 95.8 Å². The van der Waals surface area contributed by atoms with Gasteiger partial charge in [0.05, 0.1) is 19.3 Å². The number of methoxy groups -OCH3 is 1. The molecule has 6 nitrogen and oxygen atoms in total. The molecule has 0 aliphatic carbocycles. The molecule has 1 atom stereocenters. The third-order valence-corrected chi connectivity index (χ3v) is 6.70. The van der Waals surface area contributed by atoms with Crippen LogP contribution < -0.4 is 10.1 Å². The molecule has 1 fully saturated rings. The summed E-state index contributed by atoms with van der Waals surface area (Å²) < 4.78 is 18.5. The number of thioether (sulfide) groups is 1. The van der Waals surface area contributed by atoms with E-state index in [2.05, 4.69) is 10.3 Å². The minimum Gasteiger partial charge on any atom is -0.497 e. The van der Waals surface area contributed by atoms with Gasteiger partial charge >= 0.3 is 0 Å². The van der Waals surface area contributed by atoms with E-state index in [4.69, 9.17) is 4.74 Å². The first kappa shape index (κ1) is 24.5. The number of benzene rings is 3. The van der Waals surface area contributed by atoms with Crippen LogP contribution in [-0.2, 0) is 22.6 Å². The summed E-state index contributed by atoms with van der Waals surface area (Å²) in [5.41, 5.74) is 2.58. The molecule has 1 saturated heterocycles. The fourth-order valence-electron chi connectivity index (χ4n) is 3.64. The number of carbonyl (C=O) groups excluding carboxylic acids is 2. The van der Waals surface area contributed by atoms with E-state index in [0.717, 1.165) is 17.5 Å². The Morgan fingerprint density at radius 1 is 1.03 bits per heavy atom. The van der Waals surface area contributed by atoms with Gasteiger partial charge in [-0.2, -0.15) is 0 Å². The Kier molecular flexibility index (Phi) is 8.15. The van der Waals surface area contributed by atoms with Crippen LogP contribution in [0.5, 0.6) is 5.75 Å². The number of halogens is 1. The molecule has 1 heterocycles. The fraction of sp³-hybridized carbons (Fsp3) is 0.222. The second-order valence-corrected chi connectivity index (χ2v) is 9.21. The molecule has 8 heteroatoms. The van der Waals surface area contributed by atoms with E-state index in [9.17, 15) is 14.0 Å². The molecule has 0 unspecified atom stereocenters. The van der Waals surface area contributed by atoms with Gasteiger partial charge in [0.15, 0.2) is 5.17 Å². The van der Waals surface area contributed by atoms with Crippen LogP contribution >= 0.6 is 11.8 Å². The Labute approximate surface area is 208 Å². The van der Waals surface area contributed by atoms with Crippen molar-refractivity contribution in [1.82, 2.24) is 10.2 Å². The molecule has 1 aliphatic rings. The third-order valence-electron chi connectivity index (χ3n) is 5.52. The molecule has 4 rings (SSSR count). The number of nitrogens with one attached hydrogen (secondary N) is 1. The van der Waals surface area contributed by atoms with Gasteiger partial charge in [-0.05, 0) is 53.9 Å². The van der Waals surface area contributed by atoms with Gasteiger partial charge in [-0.3, -0.25) is 14.5 Å². The number of ether oxygens (including phenoxy) is 1. The van der Waals surface area contributed by atoms with Crippen molar-refractivity contribution < 1.29 is 18.7 Å². The van der Waals surface area contributed by atoms with Crippen molar-refractivity contribution in [2.75, 3.05) is 13.7 Å². The van der Waals surface area contributed by atoms with E-state index in [1.165, 1.54) is 23.9 Å². The molecular weight excluding hydrogens is 465 g/mol. The van der Waals surface area contributed by atoms with Gasteiger partial charge in [-0.1, -0.05) is 54.2 Å². The van der Waals surface area contributed by atoms with Crippen molar-refractivity contribution in [3.8, 4) is 5.75 Å². The van der Waals surface area contributed by atoms with Crippen LogP contribution in [0.25, 0.3) is 0 Å². The van der Waals surface area contributed by atoms with Gasteiger partial charge in [0, 0.05) is 13.0 Å². The monoisotopic (exact) mass is 491 g/mol. The van der Waals surface area contributed by atoms with Crippen molar-refractivity contribution >= 4 is 34.4 Å². The van der Waals surface area contributed by atoms with Crippen LogP contribution in [0.4, 0.5) is 10.1 Å². The van der Waals surface area contributed by atoms with Crippen LogP contribution in [0.3, 0.4) is 0 Å². The van der Waals surface area contributed by atoms with E-state index >= 15 is 0 Å². The van der Waals surface area contributed by atoms with Crippen LogP contribution in [0.1, 0.15) is 17.5 Å². The summed E-state index contributed by atoms with van der Waals surface area (Å²) >= 11 is 1.27. The molecule has 3 aromatic rings. The summed E-state index contributed by atoms with van der Waals surface area (Å²) in [5.74, 6) is -0.00521. The van der Waals surface area contributed by atoms with Gasteiger partial charge in [0.1, 0.15) is 16.8 Å². The van der Waals surface area contributed by atoms with Gasteiger partial charge < -0.3 is 10.1 Å². The van der Waals surface area contributed by atoms with Gasteiger partial charge in [-0.15, -0.1) is 0 Å². The molecule has 0 radical (unpaired) electrons. The van der Waals surface area contributed by atoms with E-state index in [0.29, 0.717) is 23.1 Å². The lowest BCUT2D eigenvalue weighted by atomic mass is 10.1. The van der Waals surface area contributed by atoms with E-state index in [1.54, 1.807) is 48.4 Å². The minimum atomic E-state index is -0.579. The number of aliphatic imine (C=N–C) groups is 1. The molecule has 0 saturated carbocycles. The number of hydrogen-bond acceptors (Lipinski definition) is 5. The Morgan fingerprint density at radius 3 is 2.43 bits per heavy atom. The molecule has 35 heavy (non-hydrogen) atoms. The summed E-state index contributed by atoms with van der Waals surface area (Å²) in [4.78, 5) is 32.1. The summed E-state index contributed by atoms with van der Waals surface area (Å²) in [6, 6.07) is 23.1. The van der Waals surface area contributed by atoms with E-state index in [-0.39, 0.29) is 30.6 Å². The quantitative estimate of drug-likeness (QED) is 0.471. The Balaban J connectivity index is 1.45. The predicted molar refractivity (Wildman–Crippen MR) is 136 cm³/mol. The summed E-state index contributed by atoms with van der Waals surface area (Å²) in [6.07, 6.45) is 0.777. The zero-order valence-electron chi connectivity index (χ0n) is 19.3.